The molecule has 3 N–H and O–H groups in total. The Morgan fingerprint density at radius 3 is 2.69 bits per heavy atom. The fourth-order valence-corrected chi connectivity index (χ4v) is 2.82. The normalized spacial score (nSPS) is 18.6. The number of amides is 1. The summed E-state index contributed by atoms with van der Waals surface area (Å²) in [6.07, 6.45) is 1.90. The Balaban J connectivity index is 0.00000225. The summed E-state index contributed by atoms with van der Waals surface area (Å²) < 4.78 is 4.96. The lowest BCUT2D eigenvalue weighted by molar-refractivity contribution is -0.130. The van der Waals surface area contributed by atoms with Crippen LogP contribution in [0.2, 0.25) is 0 Å². The molecule has 1 amide bonds. The van der Waals surface area contributed by atoms with E-state index >= 15 is 0 Å². The van der Waals surface area contributed by atoms with Crippen LogP contribution < -0.4 is 11.1 Å². The minimum absolute atomic E-state index is 0. The maximum Gasteiger partial charge on any atom is 0.250 e. The quantitative estimate of drug-likeness (QED) is 0.768. The molecule has 0 aromatic carbocycles. The summed E-state index contributed by atoms with van der Waals surface area (Å²) in [6.45, 7) is 1.00. The Labute approximate surface area is 107 Å². The Hall–Kier alpha value is 0.0300. The van der Waals surface area contributed by atoms with Gasteiger partial charge < -0.3 is 15.8 Å². The molecule has 1 atom stereocenters. The minimum atomic E-state index is -0.497. The molecule has 0 aliphatic carbocycles. The van der Waals surface area contributed by atoms with Gasteiger partial charge in [0.1, 0.15) is 6.10 Å². The second-order valence-electron chi connectivity index (χ2n) is 3.76. The second kappa shape index (κ2) is 9.10. The molecule has 1 aliphatic heterocycles. The first kappa shape index (κ1) is 16.0. The van der Waals surface area contributed by atoms with Crippen molar-refractivity contribution in [2.45, 2.75) is 18.9 Å². The summed E-state index contributed by atoms with van der Waals surface area (Å²) in [6, 6.07) is 0. The van der Waals surface area contributed by atoms with Crippen LogP contribution in [0.3, 0.4) is 0 Å². The van der Waals surface area contributed by atoms with E-state index in [1.165, 1.54) is 31.5 Å². The van der Waals surface area contributed by atoms with Crippen LogP contribution in [0.1, 0.15) is 12.8 Å². The van der Waals surface area contributed by atoms with Crippen LogP contribution in [-0.4, -0.2) is 43.7 Å². The fraction of sp³-hybridized carbons (Fsp3) is 0.900. The van der Waals surface area contributed by atoms with E-state index in [2.05, 4.69) is 5.32 Å². The van der Waals surface area contributed by atoms with Gasteiger partial charge in [-0.15, -0.1) is 12.4 Å². The third kappa shape index (κ3) is 5.39. The van der Waals surface area contributed by atoms with Gasteiger partial charge in [0.05, 0.1) is 0 Å². The van der Waals surface area contributed by atoms with Crippen LogP contribution in [0, 0.1) is 5.92 Å². The molecule has 1 aliphatic rings. The van der Waals surface area contributed by atoms with Gasteiger partial charge in [0.25, 0.3) is 0 Å². The van der Waals surface area contributed by atoms with Crippen molar-refractivity contribution >= 4 is 30.1 Å². The summed E-state index contributed by atoms with van der Waals surface area (Å²) in [5.74, 6) is 2.97. The molecule has 6 heteroatoms. The van der Waals surface area contributed by atoms with Gasteiger partial charge in [-0.2, -0.15) is 11.8 Å². The average molecular weight is 269 g/mol. The SMILES string of the molecule is COC(CN)C(=O)NCC1CCSCC1.Cl. The van der Waals surface area contributed by atoms with Crippen LogP contribution >= 0.6 is 24.2 Å². The van der Waals surface area contributed by atoms with Crippen molar-refractivity contribution in [1.29, 1.82) is 0 Å². The van der Waals surface area contributed by atoms with E-state index in [9.17, 15) is 4.79 Å². The number of nitrogens with two attached hydrogens (primary N) is 1. The predicted octanol–water partition coefficient (Wildman–Crippen LogP) is 0.641. The summed E-state index contributed by atoms with van der Waals surface area (Å²) in [7, 11) is 1.51. The molecular formula is C10H21ClN2O2S. The Morgan fingerprint density at radius 1 is 1.56 bits per heavy atom. The minimum Gasteiger partial charge on any atom is -0.370 e. The number of ether oxygens (including phenoxy) is 1. The molecule has 1 unspecified atom stereocenters. The molecule has 0 radical (unpaired) electrons. The molecule has 0 saturated carbocycles. The maximum absolute atomic E-state index is 11.5. The highest BCUT2D eigenvalue weighted by Gasteiger charge is 2.18. The third-order valence-electron chi connectivity index (χ3n) is 2.70. The first-order valence-corrected chi connectivity index (χ1v) is 6.51. The van der Waals surface area contributed by atoms with E-state index < -0.39 is 6.10 Å². The number of nitrogens with one attached hydrogen (secondary N) is 1. The highest BCUT2D eigenvalue weighted by Crippen LogP contribution is 2.21. The van der Waals surface area contributed by atoms with Crippen LogP contribution in [-0.2, 0) is 9.53 Å². The number of rotatable bonds is 5. The molecule has 1 fully saturated rings. The van der Waals surface area contributed by atoms with Gasteiger partial charge in [-0.1, -0.05) is 0 Å². The fourth-order valence-electron chi connectivity index (χ4n) is 1.62. The first-order valence-electron chi connectivity index (χ1n) is 5.36. The van der Waals surface area contributed by atoms with E-state index in [0.29, 0.717) is 5.92 Å². The number of halogens is 1. The Kier molecular flexibility index (Phi) is 9.12. The molecule has 96 valence electrons. The van der Waals surface area contributed by atoms with Crippen LogP contribution in [0.25, 0.3) is 0 Å². The van der Waals surface area contributed by atoms with Crippen molar-refractivity contribution in [3.8, 4) is 0 Å². The van der Waals surface area contributed by atoms with Crippen LogP contribution in [0.5, 0.6) is 0 Å². The molecule has 1 saturated heterocycles. The maximum atomic E-state index is 11.5. The molecule has 0 aromatic heterocycles. The standard InChI is InChI=1S/C10H20N2O2S.ClH/c1-14-9(6-11)10(13)12-7-8-2-4-15-5-3-8;/h8-9H,2-7,11H2,1H3,(H,12,13);1H. The third-order valence-corrected chi connectivity index (χ3v) is 3.75. The van der Waals surface area contributed by atoms with E-state index in [1.807, 2.05) is 11.8 Å². The highest BCUT2D eigenvalue weighted by molar-refractivity contribution is 7.99. The van der Waals surface area contributed by atoms with Crippen LogP contribution in [0.4, 0.5) is 0 Å². The lowest BCUT2D eigenvalue weighted by Crippen LogP contribution is -2.42. The van der Waals surface area contributed by atoms with Crippen molar-refractivity contribution in [2.24, 2.45) is 11.7 Å². The van der Waals surface area contributed by atoms with Crippen molar-refractivity contribution in [2.75, 3.05) is 31.7 Å². The van der Waals surface area contributed by atoms with E-state index in [0.717, 1.165) is 6.54 Å². The molecule has 0 bridgehead atoms. The number of carbonyl (C=O) groups is 1. The molecular weight excluding hydrogens is 248 g/mol. The molecule has 4 nitrogen and oxygen atoms in total. The van der Waals surface area contributed by atoms with Crippen molar-refractivity contribution < 1.29 is 9.53 Å². The lowest BCUT2D eigenvalue weighted by Gasteiger charge is -2.22. The molecule has 16 heavy (non-hydrogen) atoms. The largest absolute Gasteiger partial charge is 0.370 e. The molecule has 0 spiro atoms. The van der Waals surface area contributed by atoms with Crippen molar-refractivity contribution in [1.82, 2.24) is 5.32 Å². The number of carbonyl (C=O) groups excluding carboxylic acids is 1. The Morgan fingerprint density at radius 2 is 2.19 bits per heavy atom. The zero-order valence-electron chi connectivity index (χ0n) is 9.61. The van der Waals surface area contributed by atoms with Gasteiger partial charge in [0.15, 0.2) is 0 Å². The van der Waals surface area contributed by atoms with Gasteiger partial charge in [-0.3, -0.25) is 4.79 Å². The van der Waals surface area contributed by atoms with Gasteiger partial charge >= 0.3 is 0 Å². The summed E-state index contributed by atoms with van der Waals surface area (Å²) in [5, 5.41) is 2.90. The highest BCUT2D eigenvalue weighted by atomic mass is 35.5. The van der Waals surface area contributed by atoms with Crippen molar-refractivity contribution in [3.63, 3.8) is 0 Å². The van der Waals surface area contributed by atoms with E-state index in [-0.39, 0.29) is 24.9 Å². The van der Waals surface area contributed by atoms with Crippen LogP contribution in [0.15, 0.2) is 0 Å². The first-order chi connectivity index (χ1) is 7.27. The van der Waals surface area contributed by atoms with Crippen molar-refractivity contribution in [3.05, 3.63) is 0 Å². The topological polar surface area (TPSA) is 64.3 Å². The predicted molar refractivity (Wildman–Crippen MR) is 70.2 cm³/mol. The smallest absolute Gasteiger partial charge is 0.250 e. The summed E-state index contributed by atoms with van der Waals surface area (Å²) >= 11 is 1.99. The summed E-state index contributed by atoms with van der Waals surface area (Å²) in [4.78, 5) is 11.5. The van der Waals surface area contributed by atoms with Gasteiger partial charge in [0.2, 0.25) is 5.91 Å². The number of methoxy groups -OCH3 is 1. The number of hydrogen-bond donors (Lipinski definition) is 2. The zero-order valence-corrected chi connectivity index (χ0v) is 11.2. The molecule has 1 heterocycles. The van der Waals surface area contributed by atoms with E-state index in [1.54, 1.807) is 0 Å². The molecule has 1 rings (SSSR count). The molecule has 0 aromatic rings. The lowest BCUT2D eigenvalue weighted by atomic mass is 10.0. The number of hydrogen-bond acceptors (Lipinski definition) is 4. The number of thioether (sulfide) groups is 1. The zero-order chi connectivity index (χ0) is 11.1. The second-order valence-corrected chi connectivity index (χ2v) is 4.99. The monoisotopic (exact) mass is 268 g/mol. The van der Waals surface area contributed by atoms with Gasteiger partial charge in [-0.05, 0) is 30.3 Å². The summed E-state index contributed by atoms with van der Waals surface area (Å²) in [5.41, 5.74) is 5.40. The van der Waals surface area contributed by atoms with Gasteiger partial charge in [-0.25, -0.2) is 0 Å². The Bertz CT molecular complexity index is 197. The van der Waals surface area contributed by atoms with E-state index in [4.69, 9.17) is 10.5 Å². The van der Waals surface area contributed by atoms with Gasteiger partial charge in [0, 0.05) is 20.2 Å². The average Bonchev–Trinajstić information content (AvgIpc) is 2.29.